The Hall–Kier alpha value is -3.55. The summed E-state index contributed by atoms with van der Waals surface area (Å²) >= 11 is 0. The zero-order chi connectivity index (χ0) is 21.1. The standard InChI is InChI=1S/C26H24N2O2/c1-3-21-8-7-19(15-28)13-25(21)29-16-20-11-23-9-17(2)30-26(23)24(12-20)22-6-4-5-18(10-22)14-27/h4-13H,3,14,16,27H2,1-2H3. The minimum Gasteiger partial charge on any atom is -0.489 e. The lowest BCUT2D eigenvalue weighted by atomic mass is 9.99. The molecule has 3 aromatic carbocycles. The monoisotopic (exact) mass is 396 g/mol. The fourth-order valence-electron chi connectivity index (χ4n) is 3.72. The molecule has 0 amide bonds. The van der Waals surface area contributed by atoms with E-state index in [1.54, 1.807) is 0 Å². The molecular weight excluding hydrogens is 372 g/mol. The number of hydrogen-bond donors (Lipinski definition) is 1. The van der Waals surface area contributed by atoms with Crippen LogP contribution in [0.15, 0.2) is 65.1 Å². The number of nitriles is 1. The van der Waals surface area contributed by atoms with E-state index in [4.69, 9.17) is 14.9 Å². The second-order valence-corrected chi connectivity index (χ2v) is 7.40. The number of aryl methyl sites for hydroxylation is 2. The summed E-state index contributed by atoms with van der Waals surface area (Å²) < 4.78 is 12.1. The van der Waals surface area contributed by atoms with Crippen LogP contribution in [0.25, 0.3) is 22.1 Å². The summed E-state index contributed by atoms with van der Waals surface area (Å²) in [6, 6.07) is 22.2. The van der Waals surface area contributed by atoms with Crippen molar-refractivity contribution in [1.29, 1.82) is 5.26 Å². The maximum atomic E-state index is 9.21. The number of hydrogen-bond acceptors (Lipinski definition) is 4. The van der Waals surface area contributed by atoms with Crippen LogP contribution in [-0.4, -0.2) is 0 Å². The van der Waals surface area contributed by atoms with Crippen molar-refractivity contribution in [3.8, 4) is 22.9 Å². The van der Waals surface area contributed by atoms with Crippen LogP contribution < -0.4 is 10.5 Å². The van der Waals surface area contributed by atoms with E-state index in [0.29, 0.717) is 18.7 Å². The molecule has 0 fully saturated rings. The average Bonchev–Trinajstić information content (AvgIpc) is 3.16. The van der Waals surface area contributed by atoms with Crippen molar-refractivity contribution in [2.24, 2.45) is 5.73 Å². The lowest BCUT2D eigenvalue weighted by molar-refractivity contribution is 0.303. The number of ether oxygens (including phenoxy) is 1. The number of benzene rings is 3. The Morgan fingerprint density at radius 2 is 1.90 bits per heavy atom. The molecule has 30 heavy (non-hydrogen) atoms. The number of rotatable bonds is 6. The van der Waals surface area contributed by atoms with Crippen LogP contribution in [0, 0.1) is 18.3 Å². The molecule has 0 aliphatic rings. The fourth-order valence-corrected chi connectivity index (χ4v) is 3.72. The van der Waals surface area contributed by atoms with E-state index >= 15 is 0 Å². The van der Waals surface area contributed by atoms with E-state index in [-0.39, 0.29) is 0 Å². The number of nitrogens with zero attached hydrogens (tertiary/aromatic N) is 1. The minimum atomic E-state index is 0.408. The Balaban J connectivity index is 1.73. The Labute approximate surface area is 176 Å². The topological polar surface area (TPSA) is 72.2 Å². The molecule has 0 bridgehead atoms. The average molecular weight is 396 g/mol. The molecule has 0 radical (unpaired) electrons. The molecule has 0 spiro atoms. The molecule has 4 aromatic rings. The van der Waals surface area contributed by atoms with Gasteiger partial charge in [0, 0.05) is 17.5 Å². The summed E-state index contributed by atoms with van der Waals surface area (Å²) in [4.78, 5) is 0. The van der Waals surface area contributed by atoms with Crippen LogP contribution in [0.1, 0.15) is 34.9 Å². The fraction of sp³-hybridized carbons (Fsp3) is 0.192. The first kappa shape index (κ1) is 19.8. The predicted octanol–water partition coefficient (Wildman–Crippen LogP) is 5.88. The Kier molecular flexibility index (Phi) is 5.56. The summed E-state index contributed by atoms with van der Waals surface area (Å²) in [5.74, 6) is 1.63. The SMILES string of the molecule is CCc1ccc(C#N)cc1OCc1cc(-c2cccc(CN)c2)c2oc(C)cc2c1. The molecule has 4 rings (SSSR count). The molecule has 0 saturated heterocycles. The number of furan rings is 1. The molecule has 0 saturated carbocycles. The third kappa shape index (κ3) is 3.94. The predicted molar refractivity (Wildman–Crippen MR) is 119 cm³/mol. The van der Waals surface area contributed by atoms with Crippen LogP contribution in [-0.2, 0) is 19.6 Å². The van der Waals surface area contributed by atoms with Gasteiger partial charge >= 0.3 is 0 Å². The van der Waals surface area contributed by atoms with E-state index in [2.05, 4.69) is 37.3 Å². The largest absolute Gasteiger partial charge is 0.489 e. The Bertz CT molecular complexity index is 1250. The van der Waals surface area contributed by atoms with Gasteiger partial charge in [0.15, 0.2) is 0 Å². The van der Waals surface area contributed by atoms with Gasteiger partial charge in [-0.25, -0.2) is 0 Å². The third-order valence-electron chi connectivity index (χ3n) is 5.24. The summed E-state index contributed by atoms with van der Waals surface area (Å²) in [6.07, 6.45) is 0.845. The third-order valence-corrected chi connectivity index (χ3v) is 5.24. The number of fused-ring (bicyclic) bond motifs is 1. The highest BCUT2D eigenvalue weighted by molar-refractivity contribution is 5.93. The molecule has 2 N–H and O–H groups in total. The molecular formula is C26H24N2O2. The highest BCUT2D eigenvalue weighted by atomic mass is 16.5. The lowest BCUT2D eigenvalue weighted by Gasteiger charge is -2.13. The maximum absolute atomic E-state index is 9.21. The van der Waals surface area contributed by atoms with Crippen molar-refractivity contribution in [1.82, 2.24) is 0 Å². The minimum absolute atomic E-state index is 0.408. The van der Waals surface area contributed by atoms with Crippen LogP contribution in [0.3, 0.4) is 0 Å². The smallest absolute Gasteiger partial charge is 0.142 e. The van der Waals surface area contributed by atoms with Gasteiger partial charge in [-0.1, -0.05) is 31.2 Å². The van der Waals surface area contributed by atoms with Gasteiger partial charge in [-0.05, 0) is 72.0 Å². The van der Waals surface area contributed by atoms with Crippen molar-refractivity contribution in [2.75, 3.05) is 0 Å². The Morgan fingerprint density at radius 1 is 1.03 bits per heavy atom. The van der Waals surface area contributed by atoms with E-state index in [1.807, 2.05) is 43.3 Å². The van der Waals surface area contributed by atoms with Gasteiger partial charge < -0.3 is 14.9 Å². The highest BCUT2D eigenvalue weighted by Crippen LogP contribution is 2.33. The van der Waals surface area contributed by atoms with Gasteiger partial charge in [0.2, 0.25) is 0 Å². The maximum Gasteiger partial charge on any atom is 0.142 e. The normalized spacial score (nSPS) is 10.9. The molecule has 4 heteroatoms. The molecule has 4 nitrogen and oxygen atoms in total. The second-order valence-electron chi connectivity index (χ2n) is 7.40. The molecule has 0 unspecified atom stereocenters. The van der Waals surface area contributed by atoms with Crippen molar-refractivity contribution in [3.05, 3.63) is 88.7 Å². The summed E-state index contributed by atoms with van der Waals surface area (Å²) in [7, 11) is 0. The zero-order valence-corrected chi connectivity index (χ0v) is 17.2. The molecule has 0 atom stereocenters. The van der Waals surface area contributed by atoms with Gasteiger partial charge in [0.05, 0.1) is 11.6 Å². The van der Waals surface area contributed by atoms with Gasteiger partial charge in [-0.2, -0.15) is 5.26 Å². The summed E-state index contributed by atoms with van der Waals surface area (Å²) in [5, 5.41) is 10.3. The van der Waals surface area contributed by atoms with Crippen LogP contribution in [0.2, 0.25) is 0 Å². The van der Waals surface area contributed by atoms with Gasteiger partial charge in [0.1, 0.15) is 23.7 Å². The van der Waals surface area contributed by atoms with E-state index in [9.17, 15) is 5.26 Å². The van der Waals surface area contributed by atoms with E-state index in [0.717, 1.165) is 56.7 Å². The van der Waals surface area contributed by atoms with Crippen LogP contribution >= 0.6 is 0 Å². The van der Waals surface area contributed by atoms with E-state index < -0.39 is 0 Å². The first-order valence-corrected chi connectivity index (χ1v) is 10.1. The van der Waals surface area contributed by atoms with Gasteiger partial charge in [0.25, 0.3) is 0 Å². The molecule has 1 aromatic heterocycles. The van der Waals surface area contributed by atoms with Gasteiger partial charge in [-0.15, -0.1) is 0 Å². The van der Waals surface area contributed by atoms with Crippen molar-refractivity contribution in [2.45, 2.75) is 33.4 Å². The first-order chi connectivity index (χ1) is 14.6. The zero-order valence-electron chi connectivity index (χ0n) is 17.2. The molecule has 0 aliphatic carbocycles. The second kappa shape index (κ2) is 8.44. The van der Waals surface area contributed by atoms with Crippen molar-refractivity contribution in [3.63, 3.8) is 0 Å². The molecule has 0 aliphatic heterocycles. The quantitative estimate of drug-likeness (QED) is 0.442. The Morgan fingerprint density at radius 3 is 2.67 bits per heavy atom. The lowest BCUT2D eigenvalue weighted by Crippen LogP contribution is -2.00. The van der Waals surface area contributed by atoms with Gasteiger partial charge in [-0.3, -0.25) is 0 Å². The van der Waals surface area contributed by atoms with Crippen molar-refractivity contribution >= 4 is 11.0 Å². The van der Waals surface area contributed by atoms with E-state index in [1.165, 1.54) is 0 Å². The first-order valence-electron chi connectivity index (χ1n) is 10.1. The highest BCUT2D eigenvalue weighted by Gasteiger charge is 2.13. The molecule has 150 valence electrons. The molecule has 1 heterocycles. The summed E-state index contributed by atoms with van der Waals surface area (Å²) in [5.41, 5.74) is 12.6. The van der Waals surface area contributed by atoms with Crippen molar-refractivity contribution < 1.29 is 9.15 Å². The van der Waals surface area contributed by atoms with Crippen LogP contribution in [0.4, 0.5) is 0 Å². The summed E-state index contributed by atoms with van der Waals surface area (Å²) in [6.45, 7) is 4.94. The number of nitrogens with two attached hydrogens (primary N) is 1. The van der Waals surface area contributed by atoms with Crippen LogP contribution in [0.5, 0.6) is 5.75 Å².